The lowest BCUT2D eigenvalue weighted by atomic mass is 10.1. The van der Waals surface area contributed by atoms with E-state index in [1.807, 2.05) is 68.6 Å². The zero-order chi connectivity index (χ0) is 21.6. The van der Waals surface area contributed by atoms with E-state index >= 15 is 0 Å². The van der Waals surface area contributed by atoms with Gasteiger partial charge in [-0.15, -0.1) is 0 Å². The number of amides is 1. The van der Waals surface area contributed by atoms with E-state index in [9.17, 15) is 4.79 Å². The molecule has 4 rings (SSSR count). The first-order valence-corrected chi connectivity index (χ1v) is 10.2. The van der Waals surface area contributed by atoms with Crippen molar-refractivity contribution in [3.63, 3.8) is 0 Å². The van der Waals surface area contributed by atoms with Crippen LogP contribution in [0.5, 0.6) is 0 Å². The minimum atomic E-state index is -0.0367. The van der Waals surface area contributed by atoms with Gasteiger partial charge in [0.2, 0.25) is 17.6 Å². The summed E-state index contributed by atoms with van der Waals surface area (Å²) < 4.78 is 7.02. The summed E-state index contributed by atoms with van der Waals surface area (Å²) >= 11 is 0. The zero-order valence-corrected chi connectivity index (χ0v) is 17.5. The van der Waals surface area contributed by atoms with Crippen LogP contribution in [0.15, 0.2) is 71.8 Å². The maximum atomic E-state index is 12.7. The van der Waals surface area contributed by atoms with Crippen molar-refractivity contribution in [2.24, 2.45) is 0 Å². The molecular formula is C23H24N6O2. The van der Waals surface area contributed by atoms with E-state index in [1.54, 1.807) is 15.9 Å². The van der Waals surface area contributed by atoms with Crippen LogP contribution in [-0.2, 0) is 11.2 Å². The molecular weight excluding hydrogens is 392 g/mol. The van der Waals surface area contributed by atoms with Crippen molar-refractivity contribution in [3.05, 3.63) is 78.7 Å². The Labute approximate surface area is 180 Å². The molecule has 0 aliphatic heterocycles. The number of aromatic nitrogens is 5. The predicted octanol–water partition coefficient (Wildman–Crippen LogP) is 3.86. The molecule has 0 saturated heterocycles. The Hall–Kier alpha value is -3.81. The molecule has 1 amide bonds. The summed E-state index contributed by atoms with van der Waals surface area (Å²) in [5.41, 5.74) is 2.90. The highest BCUT2D eigenvalue weighted by molar-refractivity contribution is 5.76. The standard InChI is InChI=1S/C23H24N6O2/c1-17(18-11-13-20(14-12-18)29-16-24-15-25-29)28(2)22(30)10-6-9-21-26-23(27-31-21)19-7-4-3-5-8-19/h3-5,7-8,11-17H,6,9-10H2,1-2H3/t17-/m1/s1. The van der Waals surface area contributed by atoms with Crippen LogP contribution in [-0.4, -0.2) is 42.8 Å². The van der Waals surface area contributed by atoms with Gasteiger partial charge in [0.1, 0.15) is 12.7 Å². The molecule has 0 aliphatic carbocycles. The largest absolute Gasteiger partial charge is 0.339 e. The fourth-order valence-corrected chi connectivity index (χ4v) is 3.31. The van der Waals surface area contributed by atoms with Gasteiger partial charge in [0, 0.05) is 25.5 Å². The van der Waals surface area contributed by atoms with Gasteiger partial charge in [-0.2, -0.15) is 10.1 Å². The Morgan fingerprint density at radius 2 is 1.90 bits per heavy atom. The monoisotopic (exact) mass is 416 g/mol. The van der Waals surface area contributed by atoms with Crippen molar-refractivity contribution in [2.75, 3.05) is 7.05 Å². The summed E-state index contributed by atoms with van der Waals surface area (Å²) in [5.74, 6) is 1.20. The number of nitrogens with zero attached hydrogens (tertiary/aromatic N) is 6. The number of hydrogen-bond acceptors (Lipinski definition) is 6. The second-order valence-electron chi connectivity index (χ2n) is 7.34. The molecule has 2 heterocycles. The molecule has 1 atom stereocenters. The summed E-state index contributed by atoms with van der Waals surface area (Å²) in [6, 6.07) is 17.6. The Morgan fingerprint density at radius 3 is 2.61 bits per heavy atom. The van der Waals surface area contributed by atoms with Gasteiger partial charge in [-0.05, 0) is 31.0 Å². The number of carbonyl (C=O) groups is 1. The number of aryl methyl sites for hydroxylation is 1. The minimum absolute atomic E-state index is 0.0367. The number of carbonyl (C=O) groups excluding carboxylic acids is 1. The highest BCUT2D eigenvalue weighted by Crippen LogP contribution is 2.22. The number of benzene rings is 2. The number of rotatable bonds is 8. The molecule has 0 aliphatic rings. The van der Waals surface area contributed by atoms with Crippen LogP contribution >= 0.6 is 0 Å². The van der Waals surface area contributed by atoms with Crippen LogP contribution in [0.1, 0.15) is 37.3 Å². The molecule has 0 fully saturated rings. The van der Waals surface area contributed by atoms with Gasteiger partial charge >= 0.3 is 0 Å². The van der Waals surface area contributed by atoms with Crippen LogP contribution in [0.2, 0.25) is 0 Å². The third-order valence-corrected chi connectivity index (χ3v) is 5.31. The lowest BCUT2D eigenvalue weighted by molar-refractivity contribution is -0.131. The molecule has 2 aromatic heterocycles. The van der Waals surface area contributed by atoms with Gasteiger partial charge in [0.25, 0.3) is 0 Å². The third kappa shape index (κ3) is 4.85. The quantitative estimate of drug-likeness (QED) is 0.433. The fraction of sp³-hybridized carbons (Fsp3) is 0.261. The molecule has 8 nitrogen and oxygen atoms in total. The van der Waals surface area contributed by atoms with Crippen LogP contribution in [0, 0.1) is 0 Å². The lowest BCUT2D eigenvalue weighted by Gasteiger charge is -2.25. The SMILES string of the molecule is C[C@H](c1ccc(-n2cncn2)cc1)N(C)C(=O)CCCc1nc(-c2ccccc2)no1. The third-order valence-electron chi connectivity index (χ3n) is 5.31. The lowest BCUT2D eigenvalue weighted by Crippen LogP contribution is -2.29. The normalized spacial score (nSPS) is 11.9. The summed E-state index contributed by atoms with van der Waals surface area (Å²) in [7, 11) is 1.83. The molecule has 4 aromatic rings. The van der Waals surface area contributed by atoms with Crippen molar-refractivity contribution in [3.8, 4) is 17.1 Å². The second-order valence-corrected chi connectivity index (χ2v) is 7.34. The molecule has 31 heavy (non-hydrogen) atoms. The highest BCUT2D eigenvalue weighted by atomic mass is 16.5. The van der Waals surface area contributed by atoms with Gasteiger partial charge in [0.05, 0.1) is 11.7 Å². The van der Waals surface area contributed by atoms with Gasteiger partial charge < -0.3 is 9.42 Å². The van der Waals surface area contributed by atoms with Crippen molar-refractivity contribution < 1.29 is 9.32 Å². The van der Waals surface area contributed by atoms with Crippen LogP contribution in [0.4, 0.5) is 0 Å². The van der Waals surface area contributed by atoms with E-state index in [2.05, 4.69) is 20.2 Å². The zero-order valence-electron chi connectivity index (χ0n) is 17.5. The van der Waals surface area contributed by atoms with Crippen LogP contribution in [0.3, 0.4) is 0 Å². The topological polar surface area (TPSA) is 89.9 Å². The first-order chi connectivity index (χ1) is 15.1. The molecule has 158 valence electrons. The van der Waals surface area contributed by atoms with E-state index in [4.69, 9.17) is 4.52 Å². The highest BCUT2D eigenvalue weighted by Gasteiger charge is 2.18. The predicted molar refractivity (Wildman–Crippen MR) is 115 cm³/mol. The number of hydrogen-bond donors (Lipinski definition) is 0. The average Bonchev–Trinajstić information content (AvgIpc) is 3.51. The van der Waals surface area contributed by atoms with E-state index in [1.165, 1.54) is 6.33 Å². The smallest absolute Gasteiger partial charge is 0.226 e. The van der Waals surface area contributed by atoms with Crippen molar-refractivity contribution >= 4 is 5.91 Å². The molecule has 0 bridgehead atoms. The van der Waals surface area contributed by atoms with E-state index in [-0.39, 0.29) is 11.9 Å². The Balaban J connectivity index is 1.29. The summed E-state index contributed by atoms with van der Waals surface area (Å²) in [6.45, 7) is 2.02. The summed E-state index contributed by atoms with van der Waals surface area (Å²) in [5, 5.41) is 8.15. The molecule has 8 heteroatoms. The molecule has 0 N–H and O–H groups in total. The first-order valence-electron chi connectivity index (χ1n) is 10.2. The molecule has 2 aromatic carbocycles. The van der Waals surface area contributed by atoms with Crippen LogP contribution < -0.4 is 0 Å². The first kappa shape index (κ1) is 20.5. The van der Waals surface area contributed by atoms with Gasteiger partial charge in [-0.3, -0.25) is 4.79 Å². The van der Waals surface area contributed by atoms with E-state index in [0.717, 1.165) is 16.8 Å². The maximum Gasteiger partial charge on any atom is 0.226 e. The fourth-order valence-electron chi connectivity index (χ4n) is 3.31. The average molecular weight is 416 g/mol. The van der Waals surface area contributed by atoms with Crippen molar-refractivity contribution in [1.29, 1.82) is 0 Å². The van der Waals surface area contributed by atoms with Gasteiger partial charge in [-0.1, -0.05) is 47.6 Å². The van der Waals surface area contributed by atoms with Gasteiger partial charge in [0.15, 0.2) is 0 Å². The second kappa shape index (κ2) is 9.34. The minimum Gasteiger partial charge on any atom is -0.339 e. The summed E-state index contributed by atoms with van der Waals surface area (Å²) in [6.07, 6.45) is 4.79. The van der Waals surface area contributed by atoms with Crippen LogP contribution in [0.25, 0.3) is 17.1 Å². The molecule has 0 spiro atoms. The van der Waals surface area contributed by atoms with Crippen molar-refractivity contribution in [1.82, 2.24) is 29.8 Å². The summed E-state index contributed by atoms with van der Waals surface area (Å²) in [4.78, 5) is 22.8. The van der Waals surface area contributed by atoms with Gasteiger partial charge in [-0.25, -0.2) is 9.67 Å². The molecule has 0 radical (unpaired) electrons. The van der Waals surface area contributed by atoms with E-state index < -0.39 is 0 Å². The Morgan fingerprint density at radius 1 is 1.13 bits per heavy atom. The molecule has 0 unspecified atom stereocenters. The van der Waals surface area contributed by atoms with Crippen molar-refractivity contribution in [2.45, 2.75) is 32.2 Å². The molecule has 0 saturated carbocycles. The Kier molecular flexibility index (Phi) is 6.16. The maximum absolute atomic E-state index is 12.7. The Bertz CT molecular complexity index is 1110. The van der Waals surface area contributed by atoms with E-state index in [0.29, 0.717) is 31.0 Å².